The van der Waals surface area contributed by atoms with Gasteiger partial charge >= 0.3 is 5.97 Å². The van der Waals surface area contributed by atoms with Gasteiger partial charge in [0, 0.05) is 31.0 Å². The molecule has 19 N–H and O–H groups in total. The maximum Gasteiger partial charge on any atom is 0.327 e. The number of carboxylic acids is 1. The molecular formula is C44H68N14O10S2. The quantitative estimate of drug-likeness (QED) is 0.0148. The van der Waals surface area contributed by atoms with Gasteiger partial charge in [-0.25, -0.2) is 4.79 Å². The molecular weight excluding hydrogens is 949 g/mol. The summed E-state index contributed by atoms with van der Waals surface area (Å²) in [5.41, 5.74) is 29.5. The van der Waals surface area contributed by atoms with Gasteiger partial charge in [-0.15, -0.1) is 0 Å². The SMILES string of the molecule is CC(C)[C@H](NC(=O)[C@H](CCCN=C(N)N)NC(=O)[C@H](CS)NC(=O)[C@H](CO)NC(=O)[C@H](CCCN=C(N)N)NC(=O)[C@H](Cc1ccccc1)NC(=O)[C@@H](N)Cc1ccccc1)C(=O)N[C@@H](CS)C(=O)O. The Kier molecular flexibility index (Phi) is 26.8. The molecule has 0 aliphatic carbocycles. The Morgan fingerprint density at radius 2 is 0.914 bits per heavy atom. The van der Waals surface area contributed by atoms with Gasteiger partial charge in [0.05, 0.1) is 12.6 Å². The van der Waals surface area contributed by atoms with E-state index < -0.39 is 108 Å². The normalized spacial score (nSPS) is 14.3. The van der Waals surface area contributed by atoms with Crippen molar-refractivity contribution in [3.8, 4) is 0 Å². The molecule has 0 fully saturated rings. The second-order valence-electron chi connectivity index (χ2n) is 16.4. The van der Waals surface area contributed by atoms with Crippen LogP contribution in [0, 0.1) is 5.92 Å². The molecule has 24 nitrogen and oxygen atoms in total. The third kappa shape index (κ3) is 21.8. The fourth-order valence-corrected chi connectivity index (χ4v) is 7.06. The van der Waals surface area contributed by atoms with Crippen LogP contribution in [-0.4, -0.2) is 149 Å². The summed E-state index contributed by atoms with van der Waals surface area (Å²) in [4.78, 5) is 115. The number of hydrogen-bond acceptors (Lipinski definition) is 14. The van der Waals surface area contributed by atoms with Crippen LogP contribution in [-0.2, 0) is 51.2 Å². The number of thiol groups is 2. The van der Waals surface area contributed by atoms with E-state index in [-0.39, 0.29) is 75.0 Å². The molecule has 0 unspecified atom stereocenters. The number of guanidine groups is 2. The lowest BCUT2D eigenvalue weighted by atomic mass is 10.0. The van der Waals surface area contributed by atoms with E-state index in [0.29, 0.717) is 5.56 Å². The number of rotatable bonds is 31. The third-order valence-corrected chi connectivity index (χ3v) is 11.1. The van der Waals surface area contributed by atoms with E-state index in [0.717, 1.165) is 5.56 Å². The molecule has 0 aliphatic rings. The number of aliphatic hydroxyl groups excluding tert-OH is 1. The number of nitrogens with zero attached hydrogens (tertiary/aromatic N) is 2. The molecule has 2 rings (SSSR count). The minimum atomic E-state index is -1.70. The number of nitrogens with two attached hydrogens (primary N) is 5. The Hall–Kier alpha value is -6.64. The first-order valence-corrected chi connectivity index (χ1v) is 23.6. The Balaban J connectivity index is 2.32. The fraction of sp³-hybridized carbons (Fsp3) is 0.500. The van der Waals surface area contributed by atoms with Crippen molar-refractivity contribution in [3.05, 3.63) is 71.8 Å². The highest BCUT2D eigenvalue weighted by Crippen LogP contribution is 2.10. The molecule has 0 aromatic heterocycles. The second-order valence-corrected chi connectivity index (χ2v) is 17.1. The molecule has 2 aromatic rings. The fourth-order valence-electron chi connectivity index (χ4n) is 6.56. The average Bonchev–Trinajstić information content (AvgIpc) is 3.32. The molecule has 7 amide bonds. The number of aliphatic hydroxyl groups is 1. The van der Waals surface area contributed by atoms with Gasteiger partial charge in [-0.1, -0.05) is 74.5 Å². The Bertz CT molecular complexity index is 2100. The molecule has 0 saturated carbocycles. The summed E-state index contributed by atoms with van der Waals surface area (Å²) in [6.45, 7) is 2.32. The number of aliphatic imine (C=N–C) groups is 2. The Labute approximate surface area is 417 Å². The lowest BCUT2D eigenvalue weighted by Gasteiger charge is -2.28. The van der Waals surface area contributed by atoms with Crippen LogP contribution in [0.4, 0.5) is 0 Å². The average molecular weight is 1020 g/mol. The van der Waals surface area contributed by atoms with Gasteiger partial charge in [-0.3, -0.25) is 43.5 Å². The molecule has 0 radical (unpaired) electrons. The number of nitrogens with one attached hydrogen (secondary N) is 7. The molecule has 386 valence electrons. The summed E-state index contributed by atoms with van der Waals surface area (Å²) >= 11 is 8.16. The van der Waals surface area contributed by atoms with E-state index in [9.17, 15) is 48.6 Å². The van der Waals surface area contributed by atoms with Crippen molar-refractivity contribution in [2.45, 2.75) is 101 Å². The van der Waals surface area contributed by atoms with E-state index in [2.05, 4.69) is 72.5 Å². The van der Waals surface area contributed by atoms with E-state index >= 15 is 0 Å². The van der Waals surface area contributed by atoms with Gasteiger partial charge in [0.2, 0.25) is 41.4 Å². The number of carbonyl (C=O) groups is 8. The highest BCUT2D eigenvalue weighted by atomic mass is 32.1. The summed E-state index contributed by atoms with van der Waals surface area (Å²) < 4.78 is 0. The van der Waals surface area contributed by atoms with Crippen LogP contribution < -0.4 is 65.9 Å². The van der Waals surface area contributed by atoms with Crippen molar-refractivity contribution < 1.29 is 48.6 Å². The summed E-state index contributed by atoms with van der Waals surface area (Å²) in [6, 6.07) is 7.00. The summed E-state index contributed by atoms with van der Waals surface area (Å²) in [5, 5.41) is 37.2. The maximum absolute atomic E-state index is 14.0. The molecule has 0 spiro atoms. The van der Waals surface area contributed by atoms with Crippen molar-refractivity contribution in [1.29, 1.82) is 0 Å². The van der Waals surface area contributed by atoms with Crippen LogP contribution in [0.25, 0.3) is 0 Å². The summed E-state index contributed by atoms with van der Waals surface area (Å²) in [6.07, 6.45) is 0.308. The predicted molar refractivity (Wildman–Crippen MR) is 269 cm³/mol. The van der Waals surface area contributed by atoms with Crippen LogP contribution in [0.1, 0.15) is 50.7 Å². The zero-order valence-corrected chi connectivity index (χ0v) is 40.9. The lowest BCUT2D eigenvalue weighted by Crippen LogP contribution is -2.61. The molecule has 70 heavy (non-hydrogen) atoms. The van der Waals surface area contributed by atoms with Crippen LogP contribution >= 0.6 is 25.3 Å². The van der Waals surface area contributed by atoms with Gasteiger partial charge in [0.15, 0.2) is 11.9 Å². The van der Waals surface area contributed by atoms with Crippen molar-refractivity contribution in [2.24, 2.45) is 44.6 Å². The standard InChI is InChI=1S/C44H68N14O10S2/c1-24(2)34(41(66)57-33(23-70)42(67)68)58-37(62)29(16-10-18-51-44(48)49)53-40(65)32(22-69)56-39(64)31(21-59)55-36(61)28(15-9-17-50-43(46)47)52-38(63)30(20-26-13-7-4-8-14-26)54-35(60)27(45)19-25-11-5-3-6-12-25/h3-8,11-14,24,27-34,59,69-70H,9-10,15-23,45H2,1-2H3,(H,52,63)(H,53,65)(H,54,60)(H,55,61)(H,56,64)(H,57,66)(H,58,62)(H,67,68)(H4,46,47,50)(H4,48,49,51)/t27-,28-,29-,30-,31-,32-,33-,34-/m0/s1. The minimum absolute atomic E-state index is 0.00368. The number of benzene rings is 2. The zero-order valence-electron chi connectivity index (χ0n) is 39.1. The minimum Gasteiger partial charge on any atom is -0.480 e. The largest absolute Gasteiger partial charge is 0.480 e. The van der Waals surface area contributed by atoms with Crippen molar-refractivity contribution in [1.82, 2.24) is 37.2 Å². The zero-order chi connectivity index (χ0) is 52.3. The Morgan fingerprint density at radius 1 is 0.529 bits per heavy atom. The Morgan fingerprint density at radius 3 is 1.36 bits per heavy atom. The molecule has 2 aromatic carbocycles. The number of aliphatic carboxylic acids is 1. The number of carbonyl (C=O) groups excluding carboxylic acids is 7. The van der Waals surface area contributed by atoms with Crippen molar-refractivity contribution in [3.63, 3.8) is 0 Å². The first-order valence-electron chi connectivity index (χ1n) is 22.3. The van der Waals surface area contributed by atoms with Gasteiger partial charge in [-0.2, -0.15) is 25.3 Å². The van der Waals surface area contributed by atoms with Gasteiger partial charge in [-0.05, 0) is 49.1 Å². The van der Waals surface area contributed by atoms with Gasteiger partial charge in [0.25, 0.3) is 0 Å². The molecule has 0 saturated heterocycles. The van der Waals surface area contributed by atoms with Crippen molar-refractivity contribution in [2.75, 3.05) is 31.2 Å². The molecule has 0 heterocycles. The van der Waals surface area contributed by atoms with Gasteiger partial charge < -0.3 is 76.1 Å². The second kappa shape index (κ2) is 31.5. The topological polar surface area (TPSA) is 416 Å². The lowest BCUT2D eigenvalue weighted by molar-refractivity contribution is -0.142. The van der Waals surface area contributed by atoms with E-state index in [1.54, 1.807) is 68.4 Å². The van der Waals surface area contributed by atoms with Crippen LogP contribution in [0.15, 0.2) is 70.6 Å². The predicted octanol–water partition coefficient (Wildman–Crippen LogP) is -4.11. The molecule has 26 heteroatoms. The van der Waals surface area contributed by atoms with Gasteiger partial charge in [0.1, 0.15) is 42.3 Å². The van der Waals surface area contributed by atoms with Crippen LogP contribution in [0.3, 0.4) is 0 Å². The number of hydrogen-bond donors (Lipinski definition) is 16. The summed E-state index contributed by atoms with van der Waals surface area (Å²) in [5.74, 6) is -8.92. The van der Waals surface area contributed by atoms with E-state index in [1.807, 2.05) is 6.07 Å². The first kappa shape index (κ1) is 59.5. The third-order valence-electron chi connectivity index (χ3n) is 10.4. The van der Waals surface area contributed by atoms with E-state index in [1.165, 1.54) is 0 Å². The molecule has 0 bridgehead atoms. The van der Waals surface area contributed by atoms with Crippen molar-refractivity contribution >= 4 is 84.5 Å². The van der Waals surface area contributed by atoms with E-state index in [4.69, 9.17) is 28.7 Å². The monoisotopic (exact) mass is 1020 g/mol. The number of carboxylic acid groups (broad SMARTS) is 1. The molecule has 8 atom stereocenters. The highest BCUT2D eigenvalue weighted by Gasteiger charge is 2.34. The number of amides is 7. The molecule has 0 aliphatic heterocycles. The maximum atomic E-state index is 14.0. The summed E-state index contributed by atoms with van der Waals surface area (Å²) in [7, 11) is 0. The van der Waals surface area contributed by atoms with Crippen LogP contribution in [0.2, 0.25) is 0 Å². The van der Waals surface area contributed by atoms with Crippen LogP contribution in [0.5, 0.6) is 0 Å². The highest BCUT2D eigenvalue weighted by molar-refractivity contribution is 7.80. The first-order chi connectivity index (χ1) is 33.2. The smallest absolute Gasteiger partial charge is 0.327 e.